The summed E-state index contributed by atoms with van der Waals surface area (Å²) in [6, 6.07) is 0.621. The number of rotatable bonds is 8. The minimum atomic E-state index is -0.573. The van der Waals surface area contributed by atoms with Crippen molar-refractivity contribution in [1.29, 1.82) is 0 Å². The fraction of sp³-hybridized carbons (Fsp3) is 0.962. The van der Waals surface area contributed by atoms with E-state index in [9.17, 15) is 9.90 Å². The number of carboxylic acids is 1. The molecular formula is C26H47N3O3. The van der Waals surface area contributed by atoms with Crippen LogP contribution < -0.4 is 16.0 Å². The van der Waals surface area contributed by atoms with E-state index in [1.807, 2.05) is 7.11 Å². The van der Waals surface area contributed by atoms with Crippen LogP contribution in [0.1, 0.15) is 89.9 Å². The predicted octanol–water partition coefficient (Wildman–Crippen LogP) is 4.10. The fourth-order valence-corrected chi connectivity index (χ4v) is 7.03. The van der Waals surface area contributed by atoms with Gasteiger partial charge in [-0.05, 0) is 87.9 Å². The van der Waals surface area contributed by atoms with E-state index < -0.39 is 5.97 Å². The van der Waals surface area contributed by atoms with Crippen LogP contribution in [-0.4, -0.2) is 49.7 Å². The summed E-state index contributed by atoms with van der Waals surface area (Å²) in [5.74, 6) is 2.43. The molecule has 1 heterocycles. The Hall–Kier alpha value is -0.690. The Labute approximate surface area is 195 Å². The Morgan fingerprint density at radius 3 is 2.22 bits per heavy atom. The number of methoxy groups -OCH3 is 1. The first-order chi connectivity index (χ1) is 15.6. The van der Waals surface area contributed by atoms with Gasteiger partial charge >= 0.3 is 5.97 Å². The van der Waals surface area contributed by atoms with E-state index in [2.05, 4.69) is 16.0 Å². The van der Waals surface area contributed by atoms with Crippen molar-refractivity contribution in [3.8, 4) is 0 Å². The lowest BCUT2D eigenvalue weighted by atomic mass is 9.76. The number of hydrogen-bond donors (Lipinski definition) is 4. The van der Waals surface area contributed by atoms with Crippen LogP contribution in [0.15, 0.2) is 0 Å². The summed E-state index contributed by atoms with van der Waals surface area (Å²) in [6.07, 6.45) is 17.7. The van der Waals surface area contributed by atoms with Crippen molar-refractivity contribution < 1.29 is 14.6 Å². The van der Waals surface area contributed by atoms with Gasteiger partial charge in [-0.15, -0.1) is 0 Å². The second-order valence-electron chi connectivity index (χ2n) is 11.3. The monoisotopic (exact) mass is 449 g/mol. The van der Waals surface area contributed by atoms with Crippen LogP contribution in [0.5, 0.6) is 0 Å². The molecule has 184 valence electrons. The van der Waals surface area contributed by atoms with Gasteiger partial charge in [0.05, 0.1) is 12.0 Å². The molecule has 4 aliphatic rings. The van der Waals surface area contributed by atoms with E-state index in [4.69, 9.17) is 4.74 Å². The highest BCUT2D eigenvalue weighted by molar-refractivity contribution is 5.70. The topological polar surface area (TPSA) is 82.6 Å². The fourth-order valence-electron chi connectivity index (χ4n) is 7.03. The van der Waals surface area contributed by atoms with Crippen molar-refractivity contribution >= 4 is 5.97 Å². The van der Waals surface area contributed by atoms with Crippen molar-refractivity contribution in [2.24, 2.45) is 29.6 Å². The lowest BCUT2D eigenvalue weighted by molar-refractivity contribution is -0.143. The number of hydrogen-bond acceptors (Lipinski definition) is 5. The van der Waals surface area contributed by atoms with Gasteiger partial charge in [0.15, 0.2) is 0 Å². The van der Waals surface area contributed by atoms with Gasteiger partial charge in [0.25, 0.3) is 0 Å². The smallest absolute Gasteiger partial charge is 0.306 e. The van der Waals surface area contributed by atoms with E-state index in [1.165, 1.54) is 70.6 Å². The summed E-state index contributed by atoms with van der Waals surface area (Å²) in [6.45, 7) is 2.25. The molecule has 32 heavy (non-hydrogen) atoms. The van der Waals surface area contributed by atoms with Crippen LogP contribution >= 0.6 is 0 Å². The molecule has 4 fully saturated rings. The lowest BCUT2D eigenvalue weighted by Gasteiger charge is -2.40. The molecule has 0 bridgehead atoms. The van der Waals surface area contributed by atoms with Gasteiger partial charge in [0.1, 0.15) is 6.29 Å². The molecule has 3 aliphatic carbocycles. The molecule has 0 aromatic rings. The van der Waals surface area contributed by atoms with E-state index in [1.54, 1.807) is 0 Å². The maximum absolute atomic E-state index is 11.3. The Balaban J connectivity index is 1.08. The molecule has 2 atom stereocenters. The normalized spacial score (nSPS) is 41.3. The molecule has 3 saturated carbocycles. The Morgan fingerprint density at radius 2 is 1.56 bits per heavy atom. The molecule has 0 radical (unpaired) electrons. The first kappa shape index (κ1) is 24.4. The summed E-state index contributed by atoms with van der Waals surface area (Å²) in [4.78, 5) is 11.3. The zero-order chi connectivity index (χ0) is 22.3. The third-order valence-electron chi connectivity index (χ3n) is 9.25. The van der Waals surface area contributed by atoms with Gasteiger partial charge in [-0.25, -0.2) is 0 Å². The molecule has 1 saturated heterocycles. The van der Waals surface area contributed by atoms with Gasteiger partial charge in [-0.1, -0.05) is 25.7 Å². The average Bonchev–Trinajstić information content (AvgIpc) is 2.84. The molecule has 0 aromatic heterocycles. The maximum atomic E-state index is 11.3. The molecule has 6 heteroatoms. The van der Waals surface area contributed by atoms with Crippen molar-refractivity contribution in [2.75, 3.05) is 20.2 Å². The third-order valence-corrected chi connectivity index (χ3v) is 9.25. The molecule has 6 nitrogen and oxygen atoms in total. The summed E-state index contributed by atoms with van der Waals surface area (Å²) in [5.41, 5.74) is 0. The lowest BCUT2D eigenvalue weighted by Crippen LogP contribution is -2.63. The Kier molecular flexibility index (Phi) is 9.27. The van der Waals surface area contributed by atoms with Crippen LogP contribution in [0.4, 0.5) is 0 Å². The van der Waals surface area contributed by atoms with E-state index >= 15 is 0 Å². The minimum Gasteiger partial charge on any atom is -0.481 e. The van der Waals surface area contributed by atoms with E-state index in [0.717, 1.165) is 50.1 Å². The summed E-state index contributed by atoms with van der Waals surface area (Å²) < 4.78 is 5.53. The molecule has 0 amide bonds. The van der Waals surface area contributed by atoms with Gasteiger partial charge < -0.3 is 9.84 Å². The molecular weight excluding hydrogens is 402 g/mol. The zero-order valence-electron chi connectivity index (χ0n) is 20.2. The van der Waals surface area contributed by atoms with Crippen LogP contribution in [-0.2, 0) is 9.53 Å². The number of aliphatic carboxylic acids is 1. The first-order valence-electron chi connectivity index (χ1n) is 13.6. The van der Waals surface area contributed by atoms with Crippen molar-refractivity contribution in [3.63, 3.8) is 0 Å². The largest absolute Gasteiger partial charge is 0.481 e. The molecule has 4 rings (SSSR count). The first-order valence-corrected chi connectivity index (χ1v) is 13.6. The van der Waals surface area contributed by atoms with E-state index in [-0.39, 0.29) is 12.2 Å². The molecule has 0 aromatic carbocycles. The molecule has 0 spiro atoms. The van der Waals surface area contributed by atoms with Gasteiger partial charge in [0, 0.05) is 26.2 Å². The SMILES string of the molecule is COC1CCC(C2CNC(NC3CCC(CCC4CCC[C@@H](C(=O)O)C4)CC3)NC2)CC1. The van der Waals surface area contributed by atoms with Crippen LogP contribution in [0, 0.1) is 29.6 Å². The second kappa shape index (κ2) is 12.1. The predicted molar refractivity (Wildman–Crippen MR) is 127 cm³/mol. The molecule has 4 N–H and O–H groups in total. The molecule has 1 unspecified atom stereocenters. The minimum absolute atomic E-state index is 0.0795. The number of nitrogens with one attached hydrogen (secondary N) is 3. The molecule has 1 aliphatic heterocycles. The summed E-state index contributed by atoms with van der Waals surface area (Å²) in [5, 5.41) is 20.6. The summed E-state index contributed by atoms with van der Waals surface area (Å²) in [7, 11) is 1.85. The van der Waals surface area contributed by atoms with Crippen molar-refractivity contribution in [3.05, 3.63) is 0 Å². The van der Waals surface area contributed by atoms with Gasteiger partial charge in [-0.3, -0.25) is 20.7 Å². The van der Waals surface area contributed by atoms with Crippen LogP contribution in [0.3, 0.4) is 0 Å². The Morgan fingerprint density at radius 1 is 0.875 bits per heavy atom. The number of carbonyl (C=O) groups is 1. The van der Waals surface area contributed by atoms with Crippen molar-refractivity contribution in [2.45, 2.75) is 108 Å². The second-order valence-corrected chi connectivity index (χ2v) is 11.3. The number of ether oxygens (including phenoxy) is 1. The number of carboxylic acid groups (broad SMARTS) is 1. The summed E-state index contributed by atoms with van der Waals surface area (Å²) >= 11 is 0. The highest BCUT2D eigenvalue weighted by Crippen LogP contribution is 2.36. The van der Waals surface area contributed by atoms with Gasteiger partial charge in [0.2, 0.25) is 0 Å². The standard InChI is InChI=1S/C26H47N3O3/c1-32-24-13-9-20(10-14-24)22-16-27-26(28-17-22)29-23-11-7-18(8-12-23)5-6-19-3-2-4-21(15-19)25(30)31/h18-24,26-29H,2-17H2,1H3,(H,30,31)/t18?,19?,20?,21-,22?,23?,24?,26?/m1/s1. The van der Waals surface area contributed by atoms with Crippen LogP contribution in [0.25, 0.3) is 0 Å². The third kappa shape index (κ3) is 6.91. The Bertz CT molecular complexity index is 565. The van der Waals surface area contributed by atoms with Crippen LogP contribution in [0.2, 0.25) is 0 Å². The highest BCUT2D eigenvalue weighted by Gasteiger charge is 2.32. The quantitative estimate of drug-likeness (QED) is 0.447. The maximum Gasteiger partial charge on any atom is 0.306 e. The zero-order valence-corrected chi connectivity index (χ0v) is 20.2. The van der Waals surface area contributed by atoms with E-state index in [0.29, 0.717) is 18.1 Å². The van der Waals surface area contributed by atoms with Crippen molar-refractivity contribution in [1.82, 2.24) is 16.0 Å². The highest BCUT2D eigenvalue weighted by atomic mass is 16.5. The average molecular weight is 450 g/mol. The van der Waals surface area contributed by atoms with Gasteiger partial charge in [-0.2, -0.15) is 0 Å².